The van der Waals surface area contributed by atoms with E-state index in [1.165, 1.54) is 0 Å². The van der Waals surface area contributed by atoms with E-state index in [0.717, 1.165) is 17.7 Å². The summed E-state index contributed by atoms with van der Waals surface area (Å²) in [4.78, 5) is 12.4. The van der Waals surface area contributed by atoms with Crippen molar-refractivity contribution in [1.82, 2.24) is 5.32 Å². The SMILES string of the molecule is CC[C@H](N[C@H](C)C(=O)Nc1cccc(C#N)c1)c1ccc(OC)cc1. The molecular weight excluding hydrogens is 314 g/mol. The van der Waals surface area contributed by atoms with Gasteiger partial charge >= 0.3 is 0 Å². The van der Waals surface area contributed by atoms with Crippen LogP contribution in [0.1, 0.15) is 37.4 Å². The van der Waals surface area contributed by atoms with Crippen LogP contribution in [0.5, 0.6) is 5.75 Å². The fraction of sp³-hybridized carbons (Fsp3) is 0.300. The number of nitrogens with one attached hydrogen (secondary N) is 2. The summed E-state index contributed by atoms with van der Waals surface area (Å²) in [5.74, 6) is 0.670. The number of rotatable bonds is 7. The summed E-state index contributed by atoms with van der Waals surface area (Å²) in [6.07, 6.45) is 0.855. The number of anilines is 1. The van der Waals surface area contributed by atoms with Crippen LogP contribution in [0.2, 0.25) is 0 Å². The van der Waals surface area contributed by atoms with Gasteiger partial charge < -0.3 is 10.1 Å². The van der Waals surface area contributed by atoms with E-state index < -0.39 is 0 Å². The molecule has 0 spiro atoms. The van der Waals surface area contributed by atoms with Crippen molar-refractivity contribution in [3.05, 3.63) is 59.7 Å². The van der Waals surface area contributed by atoms with Gasteiger partial charge in [-0.05, 0) is 49.2 Å². The topological polar surface area (TPSA) is 74.2 Å². The fourth-order valence-corrected chi connectivity index (χ4v) is 2.58. The average Bonchev–Trinajstić information content (AvgIpc) is 2.66. The molecule has 2 N–H and O–H groups in total. The van der Waals surface area contributed by atoms with Crippen molar-refractivity contribution in [2.24, 2.45) is 0 Å². The van der Waals surface area contributed by atoms with Gasteiger partial charge in [0.25, 0.3) is 0 Å². The molecule has 0 fully saturated rings. The van der Waals surface area contributed by atoms with Crippen LogP contribution in [-0.2, 0) is 4.79 Å². The molecule has 130 valence electrons. The number of ether oxygens (including phenoxy) is 1. The molecule has 0 aliphatic carbocycles. The highest BCUT2D eigenvalue weighted by Crippen LogP contribution is 2.21. The molecule has 2 aromatic carbocycles. The lowest BCUT2D eigenvalue weighted by atomic mass is 10.0. The second kappa shape index (κ2) is 8.86. The Kier molecular flexibility index (Phi) is 6.55. The van der Waals surface area contributed by atoms with E-state index in [0.29, 0.717) is 11.3 Å². The zero-order valence-electron chi connectivity index (χ0n) is 14.7. The van der Waals surface area contributed by atoms with Crippen molar-refractivity contribution in [3.8, 4) is 11.8 Å². The molecule has 0 radical (unpaired) electrons. The molecule has 25 heavy (non-hydrogen) atoms. The van der Waals surface area contributed by atoms with E-state index >= 15 is 0 Å². The molecule has 0 aliphatic rings. The third-order valence-corrected chi connectivity index (χ3v) is 4.03. The molecule has 0 unspecified atom stereocenters. The van der Waals surface area contributed by atoms with Crippen LogP contribution in [0.4, 0.5) is 5.69 Å². The Labute approximate surface area is 148 Å². The minimum atomic E-state index is -0.377. The monoisotopic (exact) mass is 337 g/mol. The molecule has 2 rings (SSSR count). The lowest BCUT2D eigenvalue weighted by molar-refractivity contribution is -0.118. The highest BCUT2D eigenvalue weighted by Gasteiger charge is 2.18. The van der Waals surface area contributed by atoms with Gasteiger partial charge in [-0.15, -0.1) is 0 Å². The number of hydrogen-bond donors (Lipinski definition) is 2. The van der Waals surface area contributed by atoms with Gasteiger partial charge in [-0.25, -0.2) is 0 Å². The van der Waals surface area contributed by atoms with Gasteiger partial charge in [0.2, 0.25) is 5.91 Å². The van der Waals surface area contributed by atoms with Crippen LogP contribution in [0.15, 0.2) is 48.5 Å². The van der Waals surface area contributed by atoms with E-state index in [1.807, 2.05) is 31.2 Å². The lowest BCUT2D eigenvalue weighted by Crippen LogP contribution is -2.40. The summed E-state index contributed by atoms with van der Waals surface area (Å²) in [6.45, 7) is 3.90. The minimum Gasteiger partial charge on any atom is -0.497 e. The van der Waals surface area contributed by atoms with E-state index in [-0.39, 0.29) is 18.0 Å². The van der Waals surface area contributed by atoms with E-state index in [2.05, 4.69) is 23.6 Å². The first-order chi connectivity index (χ1) is 12.1. The maximum Gasteiger partial charge on any atom is 0.241 e. The molecule has 5 heteroatoms. The number of hydrogen-bond acceptors (Lipinski definition) is 4. The maximum absolute atomic E-state index is 12.4. The van der Waals surface area contributed by atoms with E-state index in [4.69, 9.17) is 10.00 Å². The van der Waals surface area contributed by atoms with Crippen molar-refractivity contribution in [2.75, 3.05) is 12.4 Å². The first kappa shape index (κ1) is 18.5. The Morgan fingerprint density at radius 3 is 2.56 bits per heavy atom. The third kappa shape index (κ3) is 5.07. The molecule has 5 nitrogen and oxygen atoms in total. The van der Waals surface area contributed by atoms with E-state index in [1.54, 1.807) is 31.4 Å². The predicted octanol–water partition coefficient (Wildman–Crippen LogP) is 3.63. The van der Waals surface area contributed by atoms with Crippen LogP contribution in [0, 0.1) is 11.3 Å². The molecule has 1 amide bonds. The highest BCUT2D eigenvalue weighted by molar-refractivity contribution is 5.94. The van der Waals surface area contributed by atoms with Crippen molar-refractivity contribution in [3.63, 3.8) is 0 Å². The van der Waals surface area contributed by atoms with Crippen molar-refractivity contribution in [2.45, 2.75) is 32.4 Å². The Hall–Kier alpha value is -2.84. The van der Waals surface area contributed by atoms with Gasteiger partial charge in [-0.3, -0.25) is 10.1 Å². The van der Waals surface area contributed by atoms with Crippen molar-refractivity contribution >= 4 is 11.6 Å². The van der Waals surface area contributed by atoms with Crippen LogP contribution < -0.4 is 15.4 Å². The molecular formula is C20H23N3O2. The number of carbonyl (C=O) groups excluding carboxylic acids is 1. The van der Waals surface area contributed by atoms with Gasteiger partial charge in [0.15, 0.2) is 0 Å². The van der Waals surface area contributed by atoms with E-state index in [9.17, 15) is 4.79 Å². The molecule has 0 bridgehead atoms. The molecule has 0 aromatic heterocycles. The molecule has 0 heterocycles. The van der Waals surface area contributed by atoms with Gasteiger partial charge in [-0.2, -0.15) is 5.26 Å². The summed E-state index contributed by atoms with van der Waals surface area (Å²) < 4.78 is 5.18. The number of amides is 1. The van der Waals surface area contributed by atoms with Crippen LogP contribution in [-0.4, -0.2) is 19.1 Å². The Morgan fingerprint density at radius 2 is 1.96 bits per heavy atom. The zero-order valence-corrected chi connectivity index (χ0v) is 14.7. The molecule has 0 aliphatic heterocycles. The number of nitriles is 1. The maximum atomic E-state index is 12.4. The first-order valence-electron chi connectivity index (χ1n) is 8.28. The molecule has 2 aromatic rings. The van der Waals surface area contributed by atoms with Crippen LogP contribution in [0.25, 0.3) is 0 Å². The van der Waals surface area contributed by atoms with Crippen molar-refractivity contribution < 1.29 is 9.53 Å². The lowest BCUT2D eigenvalue weighted by Gasteiger charge is -2.22. The Balaban J connectivity index is 2.01. The Morgan fingerprint density at radius 1 is 1.24 bits per heavy atom. The number of benzene rings is 2. The second-order valence-corrected chi connectivity index (χ2v) is 5.80. The highest BCUT2D eigenvalue weighted by atomic mass is 16.5. The van der Waals surface area contributed by atoms with Crippen LogP contribution in [0.3, 0.4) is 0 Å². The summed E-state index contributed by atoms with van der Waals surface area (Å²) >= 11 is 0. The fourth-order valence-electron chi connectivity index (χ4n) is 2.58. The average molecular weight is 337 g/mol. The van der Waals surface area contributed by atoms with Gasteiger partial charge in [0, 0.05) is 11.7 Å². The number of methoxy groups -OCH3 is 1. The van der Waals surface area contributed by atoms with Crippen molar-refractivity contribution in [1.29, 1.82) is 5.26 Å². The normalized spacial score (nSPS) is 12.7. The van der Waals surface area contributed by atoms with Gasteiger partial charge in [0.1, 0.15) is 5.75 Å². The van der Waals surface area contributed by atoms with Gasteiger partial charge in [-0.1, -0.05) is 25.1 Å². The third-order valence-electron chi connectivity index (χ3n) is 4.03. The second-order valence-electron chi connectivity index (χ2n) is 5.80. The zero-order chi connectivity index (χ0) is 18.2. The Bertz CT molecular complexity index is 750. The number of carbonyl (C=O) groups is 1. The summed E-state index contributed by atoms with van der Waals surface area (Å²) in [6, 6.07) is 16.5. The smallest absolute Gasteiger partial charge is 0.241 e. The standard InChI is InChI=1S/C20H23N3O2/c1-4-19(16-8-10-18(25-3)11-9-16)22-14(2)20(24)23-17-7-5-6-15(12-17)13-21/h5-12,14,19,22H,4H2,1-3H3,(H,23,24)/t14-,19+/m1/s1. The quantitative estimate of drug-likeness (QED) is 0.809. The molecule has 0 saturated carbocycles. The first-order valence-corrected chi connectivity index (χ1v) is 8.28. The van der Waals surface area contributed by atoms with Gasteiger partial charge in [0.05, 0.1) is 24.8 Å². The minimum absolute atomic E-state index is 0.0668. The number of nitrogens with zero attached hydrogens (tertiary/aromatic N) is 1. The largest absolute Gasteiger partial charge is 0.497 e. The predicted molar refractivity (Wildman–Crippen MR) is 98.4 cm³/mol. The molecule has 0 saturated heterocycles. The summed E-state index contributed by atoms with van der Waals surface area (Å²) in [7, 11) is 1.64. The molecule has 2 atom stereocenters. The summed E-state index contributed by atoms with van der Waals surface area (Å²) in [5, 5.41) is 15.1. The van der Waals surface area contributed by atoms with Crippen LogP contribution >= 0.6 is 0 Å². The summed E-state index contributed by atoms with van der Waals surface area (Å²) in [5.41, 5.74) is 2.24.